The van der Waals surface area contributed by atoms with Crippen LogP contribution in [0.25, 0.3) is 0 Å². The highest BCUT2D eigenvalue weighted by Crippen LogP contribution is 2.37. The summed E-state index contributed by atoms with van der Waals surface area (Å²) < 4.78 is 12.7. The van der Waals surface area contributed by atoms with Crippen LogP contribution in [-0.4, -0.2) is 49.0 Å². The van der Waals surface area contributed by atoms with Crippen LogP contribution < -0.4 is 15.7 Å². The summed E-state index contributed by atoms with van der Waals surface area (Å²) >= 11 is 0. The highest BCUT2D eigenvalue weighted by molar-refractivity contribution is 6.99. The summed E-state index contributed by atoms with van der Waals surface area (Å²) in [7, 11) is -2.90. The van der Waals surface area contributed by atoms with Gasteiger partial charge in [0.15, 0.2) is 0 Å². The fourth-order valence-electron chi connectivity index (χ4n) is 5.03. The third-order valence-corrected chi connectivity index (χ3v) is 11.8. The molecule has 3 aromatic carbocycles. The Kier molecular flexibility index (Phi) is 10.5. The molecule has 0 aliphatic rings. The van der Waals surface area contributed by atoms with Crippen LogP contribution in [0, 0.1) is 0 Å². The smallest absolute Gasteiger partial charge is 0.408 e. The number of amides is 1. The molecule has 2 N–H and O–H groups in total. The van der Waals surface area contributed by atoms with Crippen molar-refractivity contribution in [3.63, 3.8) is 0 Å². The van der Waals surface area contributed by atoms with Crippen molar-refractivity contribution < 1.29 is 19.2 Å². The van der Waals surface area contributed by atoms with Crippen LogP contribution in [0.3, 0.4) is 0 Å². The second kappa shape index (κ2) is 13.4. The molecule has 40 heavy (non-hydrogen) atoms. The Bertz CT molecular complexity index is 1170. The van der Waals surface area contributed by atoms with Gasteiger partial charge in [-0.05, 0) is 41.7 Å². The van der Waals surface area contributed by atoms with E-state index < -0.39 is 32.1 Å². The molecule has 0 saturated heterocycles. The van der Waals surface area contributed by atoms with Gasteiger partial charge >= 0.3 is 6.09 Å². The van der Waals surface area contributed by atoms with E-state index in [4.69, 9.17) is 9.16 Å². The van der Waals surface area contributed by atoms with Crippen molar-refractivity contribution in [1.82, 2.24) is 10.4 Å². The maximum Gasteiger partial charge on any atom is 0.408 e. The number of hydrogen-bond acceptors (Lipinski definition) is 5. The van der Waals surface area contributed by atoms with E-state index in [0.29, 0.717) is 0 Å². The molecule has 7 heteroatoms. The average molecular weight is 561 g/mol. The molecule has 6 nitrogen and oxygen atoms in total. The number of nitrogens with zero attached hydrogens (tertiary/aromatic N) is 1. The summed E-state index contributed by atoms with van der Waals surface area (Å²) in [5.41, 5.74) is 0.251. The molecule has 0 radical (unpaired) electrons. The molecule has 0 bridgehead atoms. The molecule has 0 heterocycles. The highest BCUT2D eigenvalue weighted by atomic mass is 28.4. The molecule has 0 spiro atoms. The Morgan fingerprint density at radius 1 is 0.900 bits per heavy atom. The van der Waals surface area contributed by atoms with E-state index in [-0.39, 0.29) is 18.2 Å². The minimum atomic E-state index is -2.90. The van der Waals surface area contributed by atoms with Crippen molar-refractivity contribution in [3.8, 4) is 0 Å². The molecule has 3 rings (SSSR count). The topological polar surface area (TPSA) is 71.0 Å². The first-order valence-corrected chi connectivity index (χ1v) is 15.6. The van der Waals surface area contributed by atoms with E-state index in [1.165, 1.54) is 5.06 Å². The summed E-state index contributed by atoms with van der Waals surface area (Å²) in [6, 6.07) is 29.0. The molecule has 1 amide bonds. The number of alkyl carbamates (subject to hydrolysis) is 1. The predicted molar refractivity (Wildman–Crippen MR) is 164 cm³/mol. The van der Waals surface area contributed by atoms with Gasteiger partial charge in [-0.15, -0.1) is 6.58 Å². The molecule has 3 aromatic rings. The van der Waals surface area contributed by atoms with Gasteiger partial charge in [0.1, 0.15) is 5.60 Å². The third kappa shape index (κ3) is 7.92. The van der Waals surface area contributed by atoms with Gasteiger partial charge in [-0.2, -0.15) is 5.06 Å². The molecule has 0 fully saturated rings. The average Bonchev–Trinajstić information content (AvgIpc) is 2.89. The lowest BCUT2D eigenvalue weighted by atomic mass is 10.1. The summed E-state index contributed by atoms with van der Waals surface area (Å²) in [6.07, 6.45) is 1.06. The predicted octanol–water partition coefficient (Wildman–Crippen LogP) is 5.90. The first kappa shape index (κ1) is 31.3. The zero-order valence-corrected chi connectivity index (χ0v) is 25.6. The Morgan fingerprint density at radius 2 is 1.38 bits per heavy atom. The van der Waals surface area contributed by atoms with Gasteiger partial charge in [0.25, 0.3) is 8.32 Å². The molecule has 0 unspecified atom stereocenters. The van der Waals surface area contributed by atoms with E-state index in [2.05, 4.69) is 56.9 Å². The number of rotatable bonds is 11. The van der Waals surface area contributed by atoms with Crippen LogP contribution in [-0.2, 0) is 15.7 Å². The molecule has 0 aliphatic heterocycles. The van der Waals surface area contributed by atoms with Crippen LogP contribution in [0.15, 0.2) is 104 Å². The number of benzene rings is 3. The molecular weight excluding hydrogens is 516 g/mol. The maximum atomic E-state index is 13.0. The minimum absolute atomic E-state index is 0.134. The van der Waals surface area contributed by atoms with Crippen molar-refractivity contribution in [2.75, 3.05) is 6.61 Å². The maximum absolute atomic E-state index is 13.0. The Hall–Kier alpha value is -3.23. The molecule has 2 atom stereocenters. The van der Waals surface area contributed by atoms with Crippen molar-refractivity contribution in [1.29, 1.82) is 0 Å². The number of hydroxylamine groups is 2. The van der Waals surface area contributed by atoms with Crippen LogP contribution in [0.2, 0.25) is 5.04 Å². The van der Waals surface area contributed by atoms with E-state index in [1.807, 2.05) is 87.5 Å². The monoisotopic (exact) mass is 560 g/mol. The molecule has 0 aliphatic carbocycles. The Morgan fingerprint density at radius 3 is 1.80 bits per heavy atom. The zero-order chi connectivity index (χ0) is 29.4. The molecular formula is C33H44N2O4Si. The standard InChI is InChI=1S/C33H44N2O4Si/c1-8-30(35(37)24-26-18-12-9-13-19-26)29(34-31(36)39-32(2,3)4)25-38-40(33(5,6)7,27-20-14-10-15-21-27)28-22-16-11-17-23-28/h8-23,29-30,37H,1,24-25H2,2-7H3,(H,34,36)/t29-,30+/m1/s1. The van der Waals surface area contributed by atoms with Gasteiger partial charge in [-0.1, -0.05) is 118 Å². The lowest BCUT2D eigenvalue weighted by Crippen LogP contribution is -2.68. The first-order chi connectivity index (χ1) is 18.9. The van der Waals surface area contributed by atoms with Crippen molar-refractivity contribution in [3.05, 3.63) is 109 Å². The Balaban J connectivity index is 2.03. The number of ether oxygens (including phenoxy) is 1. The summed E-state index contributed by atoms with van der Waals surface area (Å²) in [5, 5.41) is 17.4. The summed E-state index contributed by atoms with van der Waals surface area (Å²) in [4.78, 5) is 13.0. The third-order valence-electron chi connectivity index (χ3n) is 6.78. The molecule has 0 aromatic heterocycles. The summed E-state index contributed by atoms with van der Waals surface area (Å²) in [5.74, 6) is 0. The zero-order valence-electron chi connectivity index (χ0n) is 24.6. The van der Waals surface area contributed by atoms with Crippen LogP contribution >= 0.6 is 0 Å². The first-order valence-electron chi connectivity index (χ1n) is 13.7. The number of nitrogens with one attached hydrogen (secondary N) is 1. The Labute approximate surface area is 240 Å². The minimum Gasteiger partial charge on any atom is -0.444 e. The second-order valence-electron chi connectivity index (χ2n) is 12.0. The van der Waals surface area contributed by atoms with E-state index >= 15 is 0 Å². The van der Waals surface area contributed by atoms with Gasteiger partial charge in [0.2, 0.25) is 0 Å². The van der Waals surface area contributed by atoms with E-state index in [9.17, 15) is 10.0 Å². The van der Waals surface area contributed by atoms with Gasteiger partial charge in [0.05, 0.1) is 18.7 Å². The lowest BCUT2D eigenvalue weighted by Gasteiger charge is -2.44. The van der Waals surface area contributed by atoms with Crippen LogP contribution in [0.1, 0.15) is 47.1 Å². The van der Waals surface area contributed by atoms with Crippen LogP contribution in [0.5, 0.6) is 0 Å². The lowest BCUT2D eigenvalue weighted by molar-refractivity contribution is -0.132. The van der Waals surface area contributed by atoms with Gasteiger partial charge < -0.3 is 19.7 Å². The van der Waals surface area contributed by atoms with Crippen molar-refractivity contribution in [2.24, 2.45) is 0 Å². The van der Waals surface area contributed by atoms with E-state index in [0.717, 1.165) is 15.9 Å². The fourth-order valence-corrected chi connectivity index (χ4v) is 9.62. The van der Waals surface area contributed by atoms with Crippen molar-refractivity contribution >= 4 is 24.8 Å². The van der Waals surface area contributed by atoms with Gasteiger partial charge in [-0.25, -0.2) is 4.79 Å². The van der Waals surface area contributed by atoms with Gasteiger partial charge in [0, 0.05) is 6.54 Å². The largest absolute Gasteiger partial charge is 0.444 e. The van der Waals surface area contributed by atoms with E-state index in [1.54, 1.807) is 6.08 Å². The van der Waals surface area contributed by atoms with Crippen LogP contribution in [0.4, 0.5) is 4.79 Å². The number of carbonyl (C=O) groups excluding carboxylic acids is 1. The number of carbonyl (C=O) groups is 1. The highest BCUT2D eigenvalue weighted by Gasteiger charge is 2.50. The molecule has 0 saturated carbocycles. The quantitative estimate of drug-likeness (QED) is 0.174. The molecule has 214 valence electrons. The second-order valence-corrected chi connectivity index (χ2v) is 16.3. The SMILES string of the molecule is C=C[C@@H]([C@@H](CO[Si](c1ccccc1)(c1ccccc1)C(C)(C)C)NC(=O)OC(C)(C)C)N(O)Cc1ccccc1. The fraction of sp³-hybridized carbons (Fsp3) is 0.364. The van der Waals surface area contributed by atoms with Crippen molar-refractivity contribution in [2.45, 2.75) is 70.8 Å². The van der Waals surface area contributed by atoms with Gasteiger partial charge in [-0.3, -0.25) is 0 Å². The summed E-state index contributed by atoms with van der Waals surface area (Å²) in [6.45, 7) is 16.4. The normalized spacial score (nSPS) is 13.9. The number of hydrogen-bond donors (Lipinski definition) is 2.